The number of ether oxygens (including phenoxy) is 1. The van der Waals surface area contributed by atoms with Gasteiger partial charge in [0.1, 0.15) is 12.4 Å². The molecule has 0 saturated carbocycles. The van der Waals surface area contributed by atoms with E-state index < -0.39 is 0 Å². The average Bonchev–Trinajstić information content (AvgIpc) is 2.71. The number of halogens is 1. The molecule has 4 nitrogen and oxygen atoms in total. The zero-order valence-electron chi connectivity index (χ0n) is 10.0. The molecular formula is C13H16BrNO3. The van der Waals surface area contributed by atoms with Gasteiger partial charge in [-0.3, -0.25) is 4.79 Å². The van der Waals surface area contributed by atoms with Crippen molar-refractivity contribution in [3.63, 3.8) is 0 Å². The molecule has 1 fully saturated rings. The highest BCUT2D eigenvalue weighted by molar-refractivity contribution is 9.10. The Balaban J connectivity index is 1.77. The van der Waals surface area contributed by atoms with Crippen LogP contribution in [0, 0.1) is 5.92 Å². The standard InChI is InChI=1S/C13H16BrNO3/c14-11-2-1-3-12(7-11)18-5-4-15-8-10(9-16)6-13(15)17/h1-3,7,10,16H,4-6,8-9H2. The van der Waals surface area contributed by atoms with Crippen LogP contribution in [0.25, 0.3) is 0 Å². The molecule has 0 spiro atoms. The molecular weight excluding hydrogens is 298 g/mol. The van der Waals surface area contributed by atoms with E-state index in [2.05, 4.69) is 15.9 Å². The van der Waals surface area contributed by atoms with E-state index >= 15 is 0 Å². The first kappa shape index (κ1) is 13.4. The molecule has 1 aromatic rings. The van der Waals surface area contributed by atoms with E-state index in [9.17, 15) is 4.79 Å². The third-order valence-corrected chi connectivity index (χ3v) is 3.47. The van der Waals surface area contributed by atoms with Crippen LogP contribution in [0.5, 0.6) is 5.75 Å². The number of rotatable bonds is 5. The van der Waals surface area contributed by atoms with Crippen molar-refractivity contribution in [2.45, 2.75) is 6.42 Å². The Bertz CT molecular complexity index is 424. The van der Waals surface area contributed by atoms with Crippen LogP contribution in [0.1, 0.15) is 6.42 Å². The first-order valence-electron chi connectivity index (χ1n) is 5.96. The summed E-state index contributed by atoms with van der Waals surface area (Å²) in [5.41, 5.74) is 0. The van der Waals surface area contributed by atoms with E-state index in [0.29, 0.717) is 26.1 Å². The molecule has 2 rings (SSSR count). The summed E-state index contributed by atoms with van der Waals surface area (Å²) in [5, 5.41) is 9.02. The van der Waals surface area contributed by atoms with Gasteiger partial charge in [0.25, 0.3) is 0 Å². The maximum atomic E-state index is 11.6. The number of carbonyl (C=O) groups is 1. The van der Waals surface area contributed by atoms with Crippen molar-refractivity contribution < 1.29 is 14.6 Å². The van der Waals surface area contributed by atoms with Crippen LogP contribution in [0.4, 0.5) is 0 Å². The molecule has 0 aromatic heterocycles. The third kappa shape index (κ3) is 3.46. The topological polar surface area (TPSA) is 49.8 Å². The van der Waals surface area contributed by atoms with Crippen LogP contribution in [-0.4, -0.2) is 42.2 Å². The Morgan fingerprint density at radius 2 is 2.33 bits per heavy atom. The second kappa shape index (κ2) is 6.20. The van der Waals surface area contributed by atoms with Crippen molar-refractivity contribution in [2.75, 3.05) is 26.3 Å². The van der Waals surface area contributed by atoms with Crippen LogP contribution in [0.15, 0.2) is 28.7 Å². The molecule has 1 unspecified atom stereocenters. The smallest absolute Gasteiger partial charge is 0.223 e. The SMILES string of the molecule is O=C1CC(CO)CN1CCOc1cccc(Br)c1. The molecule has 1 aromatic carbocycles. The van der Waals surface area contributed by atoms with Crippen LogP contribution >= 0.6 is 15.9 Å². The van der Waals surface area contributed by atoms with Crippen molar-refractivity contribution in [3.05, 3.63) is 28.7 Å². The fourth-order valence-electron chi connectivity index (χ4n) is 2.02. The normalized spacial score (nSPS) is 19.3. The average molecular weight is 314 g/mol. The van der Waals surface area contributed by atoms with Crippen LogP contribution in [0.3, 0.4) is 0 Å². The van der Waals surface area contributed by atoms with Crippen molar-refractivity contribution in [1.82, 2.24) is 4.90 Å². The van der Waals surface area contributed by atoms with Gasteiger partial charge in [0, 0.05) is 30.0 Å². The Kier molecular flexibility index (Phi) is 4.60. The number of hydrogen-bond donors (Lipinski definition) is 1. The highest BCUT2D eigenvalue weighted by atomic mass is 79.9. The molecule has 5 heteroatoms. The quantitative estimate of drug-likeness (QED) is 0.899. The molecule has 1 aliphatic rings. The van der Waals surface area contributed by atoms with Gasteiger partial charge in [0.05, 0.1) is 6.54 Å². The van der Waals surface area contributed by atoms with Gasteiger partial charge in [-0.05, 0) is 18.2 Å². The van der Waals surface area contributed by atoms with Crippen LogP contribution in [-0.2, 0) is 4.79 Å². The largest absolute Gasteiger partial charge is 0.492 e. The number of nitrogens with zero attached hydrogens (tertiary/aromatic N) is 1. The number of likely N-dealkylation sites (tertiary alicyclic amines) is 1. The lowest BCUT2D eigenvalue weighted by Gasteiger charge is -2.16. The summed E-state index contributed by atoms with van der Waals surface area (Å²) in [6, 6.07) is 7.61. The molecule has 98 valence electrons. The van der Waals surface area contributed by atoms with Gasteiger partial charge < -0.3 is 14.7 Å². The maximum absolute atomic E-state index is 11.6. The number of aliphatic hydroxyl groups is 1. The number of hydrogen-bond acceptors (Lipinski definition) is 3. The number of aliphatic hydroxyl groups excluding tert-OH is 1. The lowest BCUT2D eigenvalue weighted by Crippen LogP contribution is -2.30. The molecule has 0 bridgehead atoms. The summed E-state index contributed by atoms with van der Waals surface area (Å²) in [4.78, 5) is 13.3. The van der Waals surface area contributed by atoms with Gasteiger partial charge in [-0.15, -0.1) is 0 Å². The Morgan fingerprint density at radius 1 is 1.50 bits per heavy atom. The van der Waals surface area contributed by atoms with E-state index in [0.717, 1.165) is 10.2 Å². The van der Waals surface area contributed by atoms with E-state index in [1.807, 2.05) is 24.3 Å². The minimum Gasteiger partial charge on any atom is -0.492 e. The molecule has 1 amide bonds. The molecule has 0 aliphatic carbocycles. The first-order valence-corrected chi connectivity index (χ1v) is 6.75. The Morgan fingerprint density at radius 3 is 3.00 bits per heavy atom. The van der Waals surface area contributed by atoms with Gasteiger partial charge in [-0.1, -0.05) is 22.0 Å². The fraction of sp³-hybridized carbons (Fsp3) is 0.462. The second-order valence-electron chi connectivity index (χ2n) is 4.40. The summed E-state index contributed by atoms with van der Waals surface area (Å²) >= 11 is 3.37. The van der Waals surface area contributed by atoms with Crippen molar-refractivity contribution in [3.8, 4) is 5.75 Å². The third-order valence-electron chi connectivity index (χ3n) is 2.98. The zero-order valence-corrected chi connectivity index (χ0v) is 11.6. The zero-order chi connectivity index (χ0) is 13.0. The van der Waals surface area contributed by atoms with Gasteiger partial charge in [-0.2, -0.15) is 0 Å². The summed E-state index contributed by atoms with van der Waals surface area (Å²) < 4.78 is 6.55. The highest BCUT2D eigenvalue weighted by Gasteiger charge is 2.28. The molecule has 1 saturated heterocycles. The number of benzene rings is 1. The fourth-order valence-corrected chi connectivity index (χ4v) is 2.40. The Hall–Kier alpha value is -1.07. The van der Waals surface area contributed by atoms with Crippen LogP contribution in [0.2, 0.25) is 0 Å². The number of amides is 1. The predicted molar refractivity (Wildman–Crippen MR) is 71.4 cm³/mol. The van der Waals surface area contributed by atoms with Crippen molar-refractivity contribution in [1.29, 1.82) is 0 Å². The van der Waals surface area contributed by atoms with Gasteiger partial charge in [0.15, 0.2) is 0 Å². The van der Waals surface area contributed by atoms with Gasteiger partial charge in [-0.25, -0.2) is 0 Å². The van der Waals surface area contributed by atoms with Crippen molar-refractivity contribution >= 4 is 21.8 Å². The molecule has 1 heterocycles. The molecule has 1 atom stereocenters. The summed E-state index contributed by atoms with van der Waals surface area (Å²) in [6.07, 6.45) is 0.452. The molecule has 0 radical (unpaired) electrons. The monoisotopic (exact) mass is 313 g/mol. The number of carbonyl (C=O) groups excluding carboxylic acids is 1. The van der Waals surface area contributed by atoms with Crippen LogP contribution < -0.4 is 4.74 Å². The molecule has 1 N–H and O–H groups in total. The van der Waals surface area contributed by atoms with Gasteiger partial charge >= 0.3 is 0 Å². The Labute approximate surface area is 115 Å². The van der Waals surface area contributed by atoms with E-state index in [-0.39, 0.29) is 18.4 Å². The predicted octanol–water partition coefficient (Wildman–Crippen LogP) is 1.67. The highest BCUT2D eigenvalue weighted by Crippen LogP contribution is 2.19. The minimum absolute atomic E-state index is 0.0781. The summed E-state index contributed by atoms with van der Waals surface area (Å²) in [7, 11) is 0. The lowest BCUT2D eigenvalue weighted by molar-refractivity contribution is -0.128. The second-order valence-corrected chi connectivity index (χ2v) is 5.31. The summed E-state index contributed by atoms with van der Waals surface area (Å²) in [5.74, 6) is 0.977. The minimum atomic E-state index is 0.0781. The van der Waals surface area contributed by atoms with E-state index in [4.69, 9.17) is 9.84 Å². The molecule has 1 aliphatic heterocycles. The summed E-state index contributed by atoms with van der Waals surface area (Å²) in [6.45, 7) is 1.76. The van der Waals surface area contributed by atoms with E-state index in [1.165, 1.54) is 0 Å². The maximum Gasteiger partial charge on any atom is 0.223 e. The van der Waals surface area contributed by atoms with E-state index in [1.54, 1.807) is 4.90 Å². The first-order chi connectivity index (χ1) is 8.69. The molecule has 18 heavy (non-hydrogen) atoms. The van der Waals surface area contributed by atoms with Gasteiger partial charge in [0.2, 0.25) is 5.91 Å². The van der Waals surface area contributed by atoms with Crippen molar-refractivity contribution in [2.24, 2.45) is 5.92 Å². The lowest BCUT2D eigenvalue weighted by atomic mass is 10.1.